The van der Waals surface area contributed by atoms with Gasteiger partial charge in [0.05, 0.1) is 0 Å². The molecule has 0 aliphatic rings. The number of hydrogen-bond acceptors (Lipinski definition) is 4. The topological polar surface area (TPSA) is 84.5 Å². The van der Waals surface area contributed by atoms with Crippen molar-refractivity contribution in [3.05, 3.63) is 65.7 Å². The van der Waals surface area contributed by atoms with Gasteiger partial charge in [-0.05, 0) is 50.1 Å². The van der Waals surface area contributed by atoms with E-state index >= 15 is 0 Å². The van der Waals surface area contributed by atoms with Crippen LogP contribution in [0.25, 0.3) is 0 Å². The molecule has 6 heteroatoms. The molecule has 0 aliphatic carbocycles. The van der Waals surface area contributed by atoms with Crippen LogP contribution in [0.1, 0.15) is 36.7 Å². The fourth-order valence-corrected chi connectivity index (χ4v) is 2.33. The maximum absolute atomic E-state index is 12.2. The number of rotatable bonds is 7. The predicted molar refractivity (Wildman–Crippen MR) is 103 cm³/mol. The SMILES string of the molecule is CCc1ccc(NC(=O)[C@@H](C)OC(=O)[C@H](C)NC(=O)c2ccccc2)cc1. The minimum Gasteiger partial charge on any atom is -0.451 e. The van der Waals surface area contributed by atoms with Crippen molar-refractivity contribution in [1.82, 2.24) is 5.32 Å². The van der Waals surface area contributed by atoms with Crippen LogP contribution in [0.5, 0.6) is 0 Å². The van der Waals surface area contributed by atoms with Crippen molar-refractivity contribution in [2.24, 2.45) is 0 Å². The highest BCUT2D eigenvalue weighted by molar-refractivity contribution is 5.98. The Kier molecular flexibility index (Phi) is 7.11. The van der Waals surface area contributed by atoms with Crippen LogP contribution in [0.3, 0.4) is 0 Å². The lowest BCUT2D eigenvalue weighted by Gasteiger charge is -2.17. The van der Waals surface area contributed by atoms with E-state index in [1.165, 1.54) is 13.8 Å². The number of hydrogen-bond donors (Lipinski definition) is 2. The number of nitrogens with one attached hydrogen (secondary N) is 2. The first-order valence-electron chi connectivity index (χ1n) is 8.87. The number of ether oxygens (including phenoxy) is 1. The third-order valence-corrected chi connectivity index (χ3v) is 4.03. The number of carbonyl (C=O) groups is 3. The summed E-state index contributed by atoms with van der Waals surface area (Å²) in [7, 11) is 0. The van der Waals surface area contributed by atoms with Crippen LogP contribution in [-0.2, 0) is 20.7 Å². The number of anilines is 1. The number of amides is 2. The van der Waals surface area contributed by atoms with Gasteiger partial charge >= 0.3 is 5.97 Å². The Morgan fingerprint density at radius 1 is 0.963 bits per heavy atom. The second-order valence-corrected chi connectivity index (χ2v) is 6.18. The monoisotopic (exact) mass is 368 g/mol. The molecule has 2 amide bonds. The normalized spacial score (nSPS) is 12.6. The van der Waals surface area contributed by atoms with Crippen molar-refractivity contribution in [3.63, 3.8) is 0 Å². The Morgan fingerprint density at radius 3 is 2.19 bits per heavy atom. The van der Waals surface area contributed by atoms with Gasteiger partial charge < -0.3 is 15.4 Å². The molecule has 6 nitrogen and oxygen atoms in total. The van der Waals surface area contributed by atoms with E-state index in [2.05, 4.69) is 10.6 Å². The maximum atomic E-state index is 12.2. The zero-order chi connectivity index (χ0) is 19.8. The van der Waals surface area contributed by atoms with Gasteiger partial charge in [0.2, 0.25) is 0 Å². The summed E-state index contributed by atoms with van der Waals surface area (Å²) in [6.45, 7) is 5.05. The van der Waals surface area contributed by atoms with Gasteiger partial charge in [-0.2, -0.15) is 0 Å². The Bertz CT molecular complexity index is 788. The fourth-order valence-electron chi connectivity index (χ4n) is 2.33. The molecule has 0 fully saturated rings. The Hall–Kier alpha value is -3.15. The van der Waals surface area contributed by atoms with E-state index in [1.54, 1.807) is 42.5 Å². The molecule has 0 saturated carbocycles. The van der Waals surface area contributed by atoms with Crippen LogP contribution in [0, 0.1) is 0 Å². The standard InChI is InChI=1S/C21H24N2O4/c1-4-16-10-12-18(13-11-16)23-19(24)15(3)27-21(26)14(2)22-20(25)17-8-6-5-7-9-17/h5-15H,4H2,1-3H3,(H,22,25)(H,23,24)/t14-,15+/m0/s1. The first-order chi connectivity index (χ1) is 12.9. The fraction of sp³-hybridized carbons (Fsp3) is 0.286. The molecule has 0 unspecified atom stereocenters. The molecule has 2 N–H and O–H groups in total. The summed E-state index contributed by atoms with van der Waals surface area (Å²) in [6, 6.07) is 15.1. The largest absolute Gasteiger partial charge is 0.451 e. The van der Waals surface area contributed by atoms with Gasteiger partial charge in [-0.15, -0.1) is 0 Å². The lowest BCUT2D eigenvalue weighted by atomic mass is 10.1. The first kappa shape index (κ1) is 20.2. The van der Waals surface area contributed by atoms with E-state index < -0.39 is 24.0 Å². The number of carbonyl (C=O) groups excluding carboxylic acids is 3. The van der Waals surface area contributed by atoms with E-state index in [4.69, 9.17) is 4.74 Å². The average molecular weight is 368 g/mol. The van der Waals surface area contributed by atoms with Gasteiger partial charge in [-0.3, -0.25) is 9.59 Å². The molecule has 0 aliphatic heterocycles. The zero-order valence-electron chi connectivity index (χ0n) is 15.7. The molecule has 0 heterocycles. The van der Waals surface area contributed by atoms with Crippen LogP contribution in [0.15, 0.2) is 54.6 Å². The smallest absolute Gasteiger partial charge is 0.329 e. The van der Waals surface area contributed by atoms with E-state index in [1.807, 2.05) is 19.1 Å². The third kappa shape index (κ3) is 5.95. The van der Waals surface area contributed by atoms with Crippen LogP contribution in [-0.4, -0.2) is 29.9 Å². The summed E-state index contributed by atoms with van der Waals surface area (Å²) in [4.78, 5) is 36.4. The van der Waals surface area contributed by atoms with Crippen molar-refractivity contribution in [3.8, 4) is 0 Å². The van der Waals surface area contributed by atoms with E-state index in [0.29, 0.717) is 11.3 Å². The van der Waals surface area contributed by atoms with E-state index in [9.17, 15) is 14.4 Å². The summed E-state index contributed by atoms with van der Waals surface area (Å²) in [5.41, 5.74) is 2.24. The quantitative estimate of drug-likeness (QED) is 0.736. The van der Waals surface area contributed by atoms with Crippen LogP contribution in [0.4, 0.5) is 5.69 Å². The molecule has 27 heavy (non-hydrogen) atoms. The van der Waals surface area contributed by atoms with Gasteiger partial charge in [-0.25, -0.2) is 4.79 Å². The van der Waals surface area contributed by atoms with Gasteiger partial charge in [0, 0.05) is 11.3 Å². The molecule has 2 rings (SSSR count). The molecule has 2 aromatic rings. The van der Waals surface area contributed by atoms with Crippen molar-refractivity contribution in [1.29, 1.82) is 0 Å². The van der Waals surface area contributed by atoms with Gasteiger partial charge in [0.1, 0.15) is 6.04 Å². The highest BCUT2D eigenvalue weighted by Gasteiger charge is 2.23. The number of benzene rings is 2. The molecular formula is C21H24N2O4. The van der Waals surface area contributed by atoms with Gasteiger partial charge in [0.25, 0.3) is 11.8 Å². The van der Waals surface area contributed by atoms with Crippen LogP contribution < -0.4 is 10.6 Å². The van der Waals surface area contributed by atoms with Crippen molar-refractivity contribution in [2.45, 2.75) is 39.3 Å². The summed E-state index contributed by atoms with van der Waals surface area (Å²) in [6.07, 6.45) is -0.0751. The van der Waals surface area contributed by atoms with Crippen molar-refractivity contribution >= 4 is 23.5 Å². The molecule has 0 radical (unpaired) electrons. The molecule has 0 aromatic heterocycles. The second-order valence-electron chi connectivity index (χ2n) is 6.18. The zero-order valence-corrected chi connectivity index (χ0v) is 15.7. The number of esters is 1. The van der Waals surface area contributed by atoms with Gasteiger partial charge in [-0.1, -0.05) is 37.3 Å². The molecule has 142 valence electrons. The highest BCUT2D eigenvalue weighted by Crippen LogP contribution is 2.11. The molecule has 2 atom stereocenters. The molecule has 2 aromatic carbocycles. The van der Waals surface area contributed by atoms with Crippen LogP contribution >= 0.6 is 0 Å². The molecule has 0 saturated heterocycles. The summed E-state index contributed by atoms with van der Waals surface area (Å²) >= 11 is 0. The summed E-state index contributed by atoms with van der Waals surface area (Å²) < 4.78 is 5.16. The average Bonchev–Trinajstić information content (AvgIpc) is 2.68. The third-order valence-electron chi connectivity index (χ3n) is 4.03. The summed E-state index contributed by atoms with van der Waals surface area (Å²) in [5, 5.41) is 5.26. The Morgan fingerprint density at radius 2 is 1.59 bits per heavy atom. The minimum absolute atomic E-state index is 0.381. The van der Waals surface area contributed by atoms with E-state index in [0.717, 1.165) is 12.0 Å². The lowest BCUT2D eigenvalue weighted by molar-refractivity contribution is -0.154. The Balaban J connectivity index is 1.85. The van der Waals surface area contributed by atoms with E-state index in [-0.39, 0.29) is 5.91 Å². The second kappa shape index (κ2) is 9.52. The van der Waals surface area contributed by atoms with Crippen molar-refractivity contribution < 1.29 is 19.1 Å². The maximum Gasteiger partial charge on any atom is 0.329 e. The first-order valence-corrected chi connectivity index (χ1v) is 8.87. The summed E-state index contributed by atoms with van der Waals surface area (Å²) in [5.74, 6) is -1.49. The molecular weight excluding hydrogens is 344 g/mol. The molecule has 0 spiro atoms. The molecule has 0 bridgehead atoms. The lowest BCUT2D eigenvalue weighted by Crippen LogP contribution is -2.42. The van der Waals surface area contributed by atoms with Crippen molar-refractivity contribution in [2.75, 3.05) is 5.32 Å². The van der Waals surface area contributed by atoms with Gasteiger partial charge in [0.15, 0.2) is 6.10 Å². The Labute approximate surface area is 158 Å². The highest BCUT2D eigenvalue weighted by atomic mass is 16.5. The predicted octanol–water partition coefficient (Wildman–Crippen LogP) is 2.94. The number of aryl methyl sites for hydroxylation is 1. The minimum atomic E-state index is -0.987. The van der Waals surface area contributed by atoms with Crippen LogP contribution in [0.2, 0.25) is 0 Å².